The Bertz CT molecular complexity index is 815. The molecule has 0 radical (unpaired) electrons. The molecule has 1 fully saturated rings. The normalized spacial score (nSPS) is 14.6. The van der Waals surface area contributed by atoms with Gasteiger partial charge in [0.05, 0.1) is 20.5 Å². The lowest BCUT2D eigenvalue weighted by molar-refractivity contribution is -0.117. The van der Waals surface area contributed by atoms with Crippen molar-refractivity contribution in [1.82, 2.24) is 0 Å². The first-order valence-electron chi connectivity index (χ1n) is 6.89. The van der Waals surface area contributed by atoms with Gasteiger partial charge in [-0.1, -0.05) is 29.8 Å². The topological polar surface area (TPSA) is 63.2 Å². The number of hydrogen-bond donors (Lipinski definition) is 1. The van der Waals surface area contributed by atoms with Crippen molar-refractivity contribution >= 4 is 33.0 Å². The van der Waals surface area contributed by atoms with Gasteiger partial charge >= 0.3 is 0 Å². The van der Waals surface area contributed by atoms with Crippen molar-refractivity contribution in [2.24, 2.45) is 5.92 Å². The second kappa shape index (κ2) is 5.74. The van der Waals surface area contributed by atoms with Crippen molar-refractivity contribution in [2.75, 3.05) is 5.32 Å². The highest BCUT2D eigenvalue weighted by Gasteiger charge is 2.30. The van der Waals surface area contributed by atoms with E-state index in [2.05, 4.69) is 5.32 Å². The van der Waals surface area contributed by atoms with Gasteiger partial charge in [-0.15, -0.1) is 0 Å². The zero-order chi connectivity index (χ0) is 15.7. The second-order valence-corrected chi connectivity index (χ2v) is 7.58. The second-order valence-electron chi connectivity index (χ2n) is 5.22. The number of benzene rings is 2. The average molecular weight is 336 g/mol. The molecule has 2 aromatic carbocycles. The van der Waals surface area contributed by atoms with Crippen molar-refractivity contribution in [2.45, 2.75) is 22.6 Å². The summed E-state index contributed by atoms with van der Waals surface area (Å²) < 4.78 is 25.0. The molecule has 0 aromatic heterocycles. The number of hydrogen-bond acceptors (Lipinski definition) is 3. The molecule has 0 spiro atoms. The zero-order valence-corrected chi connectivity index (χ0v) is 13.2. The molecule has 6 heteroatoms. The van der Waals surface area contributed by atoms with E-state index in [1.54, 1.807) is 18.2 Å². The van der Waals surface area contributed by atoms with Gasteiger partial charge in [0, 0.05) is 5.92 Å². The van der Waals surface area contributed by atoms with Crippen molar-refractivity contribution in [3.63, 3.8) is 0 Å². The van der Waals surface area contributed by atoms with E-state index in [1.165, 1.54) is 30.3 Å². The molecule has 0 heterocycles. The smallest absolute Gasteiger partial charge is 0.227 e. The fourth-order valence-electron chi connectivity index (χ4n) is 2.08. The summed E-state index contributed by atoms with van der Waals surface area (Å²) in [7, 11) is -3.61. The van der Waals surface area contributed by atoms with E-state index in [-0.39, 0.29) is 26.6 Å². The van der Waals surface area contributed by atoms with Crippen LogP contribution in [0.25, 0.3) is 0 Å². The lowest BCUT2D eigenvalue weighted by Crippen LogP contribution is -2.13. The van der Waals surface area contributed by atoms with Gasteiger partial charge in [0.25, 0.3) is 0 Å². The lowest BCUT2D eigenvalue weighted by Gasteiger charge is -2.09. The number of nitrogens with one attached hydrogen (secondary N) is 1. The zero-order valence-electron chi connectivity index (χ0n) is 11.6. The van der Waals surface area contributed by atoms with E-state index in [0.29, 0.717) is 5.69 Å². The predicted octanol–water partition coefficient (Wildman–Crippen LogP) is 3.52. The Morgan fingerprint density at radius 3 is 2.32 bits per heavy atom. The molecule has 2 aromatic rings. The molecule has 0 atom stereocenters. The van der Waals surface area contributed by atoms with Crippen LogP contribution in [0.1, 0.15) is 12.8 Å². The molecule has 0 unspecified atom stereocenters. The molecule has 1 saturated carbocycles. The molecular weight excluding hydrogens is 322 g/mol. The molecule has 4 nitrogen and oxygen atoms in total. The molecule has 0 saturated heterocycles. The van der Waals surface area contributed by atoms with E-state index >= 15 is 0 Å². The maximum Gasteiger partial charge on any atom is 0.227 e. The Balaban J connectivity index is 1.89. The van der Waals surface area contributed by atoms with Crippen LogP contribution in [0.5, 0.6) is 0 Å². The highest BCUT2D eigenvalue weighted by molar-refractivity contribution is 7.91. The van der Waals surface area contributed by atoms with Crippen molar-refractivity contribution < 1.29 is 13.2 Å². The third-order valence-corrected chi connectivity index (χ3v) is 5.59. The fraction of sp³-hybridized carbons (Fsp3) is 0.188. The van der Waals surface area contributed by atoms with Crippen LogP contribution in [-0.2, 0) is 14.6 Å². The van der Waals surface area contributed by atoms with Crippen LogP contribution < -0.4 is 5.32 Å². The Kier molecular flexibility index (Phi) is 3.93. The number of carbonyl (C=O) groups is 1. The van der Waals surface area contributed by atoms with E-state index in [4.69, 9.17) is 11.6 Å². The summed E-state index contributed by atoms with van der Waals surface area (Å²) in [6, 6.07) is 12.5. The quantitative estimate of drug-likeness (QED) is 0.929. The standard InChI is InChI=1S/C16H14ClNO3S/c17-14-10-13(22(20,21)12-4-2-1-3-5-12)8-9-15(14)18-16(19)11-6-7-11/h1-5,8-11H,6-7H2,(H,18,19). The summed E-state index contributed by atoms with van der Waals surface area (Å²) in [5, 5.41) is 2.94. The number of amides is 1. The summed E-state index contributed by atoms with van der Waals surface area (Å²) in [6.07, 6.45) is 1.79. The van der Waals surface area contributed by atoms with E-state index in [0.717, 1.165) is 12.8 Å². The largest absolute Gasteiger partial charge is 0.325 e. The van der Waals surface area contributed by atoms with Crippen molar-refractivity contribution in [1.29, 1.82) is 0 Å². The Morgan fingerprint density at radius 1 is 1.05 bits per heavy atom. The van der Waals surface area contributed by atoms with E-state index in [1.807, 2.05) is 0 Å². The van der Waals surface area contributed by atoms with Crippen LogP contribution in [0.3, 0.4) is 0 Å². The molecule has 1 aliphatic carbocycles. The van der Waals surface area contributed by atoms with Gasteiger partial charge in [-0.3, -0.25) is 4.79 Å². The third kappa shape index (κ3) is 3.00. The number of sulfone groups is 1. The van der Waals surface area contributed by atoms with Crippen LogP contribution in [0, 0.1) is 5.92 Å². The minimum absolute atomic E-state index is 0.0591. The maximum absolute atomic E-state index is 12.5. The average Bonchev–Trinajstić information content (AvgIpc) is 3.35. The predicted molar refractivity (Wildman–Crippen MR) is 84.7 cm³/mol. The van der Waals surface area contributed by atoms with Crippen LogP contribution in [0.2, 0.25) is 5.02 Å². The molecule has 0 aliphatic heterocycles. The summed E-state index contributed by atoms with van der Waals surface area (Å²) in [5.41, 5.74) is 0.436. The van der Waals surface area contributed by atoms with Gasteiger partial charge < -0.3 is 5.32 Å². The summed E-state index contributed by atoms with van der Waals surface area (Å²) in [4.78, 5) is 12.1. The van der Waals surface area contributed by atoms with Gasteiger partial charge in [0.15, 0.2) is 0 Å². The highest BCUT2D eigenvalue weighted by atomic mass is 35.5. The summed E-state index contributed by atoms with van der Waals surface area (Å²) >= 11 is 6.11. The number of rotatable bonds is 4. The highest BCUT2D eigenvalue weighted by Crippen LogP contribution is 2.33. The van der Waals surface area contributed by atoms with Crippen LogP contribution in [0.15, 0.2) is 58.3 Å². The summed E-state index contributed by atoms with van der Waals surface area (Å²) in [6.45, 7) is 0. The van der Waals surface area contributed by atoms with Crippen molar-refractivity contribution in [3.8, 4) is 0 Å². The molecule has 1 amide bonds. The van der Waals surface area contributed by atoms with Gasteiger partial charge in [-0.25, -0.2) is 8.42 Å². The monoisotopic (exact) mass is 335 g/mol. The molecule has 22 heavy (non-hydrogen) atoms. The molecule has 1 aliphatic rings. The Labute approximate surface area is 134 Å². The van der Waals surface area contributed by atoms with Crippen molar-refractivity contribution in [3.05, 3.63) is 53.6 Å². The molecule has 0 bridgehead atoms. The minimum Gasteiger partial charge on any atom is -0.325 e. The van der Waals surface area contributed by atoms with Gasteiger partial charge in [0.1, 0.15) is 0 Å². The van der Waals surface area contributed by atoms with E-state index in [9.17, 15) is 13.2 Å². The van der Waals surface area contributed by atoms with Crippen LogP contribution >= 0.6 is 11.6 Å². The van der Waals surface area contributed by atoms with Gasteiger partial charge in [-0.2, -0.15) is 0 Å². The Hall–Kier alpha value is -1.85. The van der Waals surface area contributed by atoms with Crippen LogP contribution in [-0.4, -0.2) is 14.3 Å². The first-order chi connectivity index (χ1) is 10.5. The van der Waals surface area contributed by atoms with Gasteiger partial charge in [-0.05, 0) is 43.2 Å². The first kappa shape index (κ1) is 15.1. The SMILES string of the molecule is O=C(Nc1ccc(S(=O)(=O)c2ccccc2)cc1Cl)C1CC1. The molecular formula is C16H14ClNO3S. The minimum atomic E-state index is -3.61. The fourth-order valence-corrected chi connectivity index (χ4v) is 3.68. The lowest BCUT2D eigenvalue weighted by atomic mass is 10.3. The maximum atomic E-state index is 12.5. The third-order valence-electron chi connectivity index (χ3n) is 3.51. The molecule has 3 rings (SSSR count). The van der Waals surface area contributed by atoms with E-state index < -0.39 is 9.84 Å². The summed E-state index contributed by atoms with van der Waals surface area (Å²) in [5.74, 6) is -0.00985. The number of carbonyl (C=O) groups excluding carboxylic acids is 1. The molecule has 1 N–H and O–H groups in total. The van der Waals surface area contributed by atoms with Gasteiger partial charge in [0.2, 0.25) is 15.7 Å². The number of anilines is 1. The number of halogens is 1. The Morgan fingerprint density at radius 2 is 1.73 bits per heavy atom. The molecule has 114 valence electrons. The first-order valence-corrected chi connectivity index (χ1v) is 8.75. The van der Waals surface area contributed by atoms with Crippen LogP contribution in [0.4, 0.5) is 5.69 Å².